The quantitative estimate of drug-likeness (QED) is 0.460. The van der Waals surface area contributed by atoms with E-state index in [1.807, 2.05) is 19.9 Å². The Labute approximate surface area is 214 Å². The van der Waals surface area contributed by atoms with Gasteiger partial charge < -0.3 is 10.4 Å². The molecule has 0 unspecified atom stereocenters. The minimum atomic E-state index is -0.567. The SMILES string of the molecule is CC[C@@]1(O)CC[C@@]2(Cc3ccccc3)c3ccc(C(=O)Nc4ncc(C)nc4C)cc3CCC[C@H]2C1. The normalized spacial score (nSPS) is 25.4. The number of carbonyl (C=O) groups excluding carboxylic acids is 1. The van der Waals surface area contributed by atoms with Gasteiger partial charge in [0.05, 0.1) is 23.2 Å². The molecule has 5 heteroatoms. The maximum Gasteiger partial charge on any atom is 0.256 e. The monoisotopic (exact) mass is 483 g/mol. The molecule has 2 aliphatic rings. The third-order valence-electron chi connectivity index (χ3n) is 8.67. The first kappa shape index (κ1) is 24.6. The molecule has 1 heterocycles. The summed E-state index contributed by atoms with van der Waals surface area (Å²) in [5.74, 6) is 0.774. The van der Waals surface area contributed by atoms with Crippen LogP contribution in [0.2, 0.25) is 0 Å². The molecule has 1 amide bonds. The first-order valence-corrected chi connectivity index (χ1v) is 13.3. The van der Waals surface area contributed by atoms with E-state index in [0.29, 0.717) is 23.0 Å². The highest BCUT2D eigenvalue weighted by atomic mass is 16.3. The van der Waals surface area contributed by atoms with Crippen LogP contribution in [0.15, 0.2) is 54.7 Å². The van der Waals surface area contributed by atoms with Gasteiger partial charge in [0.15, 0.2) is 5.82 Å². The lowest BCUT2D eigenvalue weighted by Crippen LogP contribution is -2.48. The lowest BCUT2D eigenvalue weighted by molar-refractivity contribution is -0.0497. The highest BCUT2D eigenvalue weighted by Crippen LogP contribution is 2.54. The maximum absolute atomic E-state index is 13.2. The molecule has 0 saturated heterocycles. The second-order valence-corrected chi connectivity index (χ2v) is 11.0. The van der Waals surface area contributed by atoms with E-state index in [-0.39, 0.29) is 11.3 Å². The topological polar surface area (TPSA) is 75.1 Å². The largest absolute Gasteiger partial charge is 0.390 e. The lowest BCUT2D eigenvalue weighted by atomic mass is 9.55. The van der Waals surface area contributed by atoms with Gasteiger partial charge in [-0.25, -0.2) is 4.98 Å². The van der Waals surface area contributed by atoms with Crippen LogP contribution >= 0.6 is 0 Å². The molecule has 5 rings (SSSR count). The minimum Gasteiger partial charge on any atom is -0.390 e. The molecule has 1 aromatic heterocycles. The molecule has 0 aliphatic heterocycles. The van der Waals surface area contributed by atoms with Crippen LogP contribution in [0, 0.1) is 19.8 Å². The summed E-state index contributed by atoms with van der Waals surface area (Å²) < 4.78 is 0. The molecule has 36 heavy (non-hydrogen) atoms. The van der Waals surface area contributed by atoms with Crippen LogP contribution in [-0.2, 0) is 18.3 Å². The Hall–Kier alpha value is -3.05. The van der Waals surface area contributed by atoms with Crippen molar-refractivity contribution in [3.63, 3.8) is 0 Å². The molecule has 1 saturated carbocycles. The summed E-state index contributed by atoms with van der Waals surface area (Å²) in [5, 5.41) is 14.2. The smallest absolute Gasteiger partial charge is 0.256 e. The van der Waals surface area contributed by atoms with E-state index in [1.165, 1.54) is 16.7 Å². The van der Waals surface area contributed by atoms with Crippen LogP contribution in [0.3, 0.4) is 0 Å². The predicted octanol–water partition coefficient (Wildman–Crippen LogP) is 6.10. The predicted molar refractivity (Wildman–Crippen MR) is 143 cm³/mol. The third-order valence-corrected chi connectivity index (χ3v) is 8.67. The van der Waals surface area contributed by atoms with E-state index in [0.717, 1.165) is 57.1 Å². The van der Waals surface area contributed by atoms with Gasteiger partial charge in [-0.15, -0.1) is 0 Å². The number of aliphatic hydroxyl groups is 1. The van der Waals surface area contributed by atoms with Crippen molar-refractivity contribution >= 4 is 11.7 Å². The van der Waals surface area contributed by atoms with Crippen molar-refractivity contribution in [3.05, 3.63) is 88.4 Å². The number of rotatable bonds is 5. The van der Waals surface area contributed by atoms with Crippen molar-refractivity contribution < 1.29 is 9.90 Å². The summed E-state index contributed by atoms with van der Waals surface area (Å²) >= 11 is 0. The number of hydrogen-bond donors (Lipinski definition) is 2. The molecule has 3 atom stereocenters. The maximum atomic E-state index is 13.2. The van der Waals surface area contributed by atoms with Gasteiger partial charge in [-0.2, -0.15) is 0 Å². The Morgan fingerprint density at radius 3 is 2.69 bits per heavy atom. The van der Waals surface area contributed by atoms with Crippen LogP contribution in [0.1, 0.15) is 83.9 Å². The van der Waals surface area contributed by atoms with Crippen LogP contribution in [0.5, 0.6) is 0 Å². The second kappa shape index (κ2) is 9.78. The standard InChI is InChI=1S/C31H37N3O2/c1-4-30(36)15-16-31(18-23-9-6-5-7-10-23)26(19-30)12-8-11-24-17-25(13-14-27(24)31)29(35)34-28-22(3)33-21(2)20-32-28/h5-7,9-10,13-14,17,20,26,36H,4,8,11-12,15-16,18-19H2,1-3H3,(H,32,34,35)/t26-,30+,31-/m0/s1. The minimum absolute atomic E-state index is 0.0252. The number of nitrogens with zero attached hydrogens (tertiary/aromatic N) is 2. The number of anilines is 1. The summed E-state index contributed by atoms with van der Waals surface area (Å²) in [6.45, 7) is 5.86. The summed E-state index contributed by atoms with van der Waals surface area (Å²) in [6.07, 6.45) is 9.21. The van der Waals surface area contributed by atoms with Crippen molar-refractivity contribution in [1.82, 2.24) is 9.97 Å². The molecule has 1 fully saturated rings. The van der Waals surface area contributed by atoms with Gasteiger partial charge in [0.2, 0.25) is 0 Å². The van der Waals surface area contributed by atoms with Crippen molar-refractivity contribution in [1.29, 1.82) is 0 Å². The van der Waals surface area contributed by atoms with Gasteiger partial charge in [-0.1, -0.05) is 43.3 Å². The van der Waals surface area contributed by atoms with Gasteiger partial charge in [0, 0.05) is 11.0 Å². The number of nitrogens with one attached hydrogen (secondary N) is 1. The molecular weight excluding hydrogens is 446 g/mol. The van der Waals surface area contributed by atoms with Crippen molar-refractivity contribution in [2.45, 2.75) is 83.2 Å². The van der Waals surface area contributed by atoms with E-state index < -0.39 is 5.60 Å². The molecule has 2 N–H and O–H groups in total. The molecule has 0 radical (unpaired) electrons. The fourth-order valence-corrected chi connectivity index (χ4v) is 6.62. The summed E-state index contributed by atoms with van der Waals surface area (Å²) in [5.41, 5.74) is 5.59. The van der Waals surface area contributed by atoms with Crippen LogP contribution in [-0.4, -0.2) is 26.6 Å². The van der Waals surface area contributed by atoms with E-state index in [2.05, 4.69) is 64.7 Å². The van der Waals surface area contributed by atoms with E-state index in [4.69, 9.17) is 0 Å². The Bertz CT molecular complexity index is 1260. The zero-order valence-corrected chi connectivity index (χ0v) is 21.7. The molecule has 2 aliphatic carbocycles. The number of fused-ring (bicyclic) bond motifs is 3. The summed E-state index contributed by atoms with van der Waals surface area (Å²) in [7, 11) is 0. The highest BCUT2D eigenvalue weighted by molar-refractivity contribution is 6.04. The van der Waals surface area contributed by atoms with Crippen LogP contribution in [0.4, 0.5) is 5.82 Å². The Balaban J connectivity index is 1.51. The lowest BCUT2D eigenvalue weighted by Gasteiger charge is -2.50. The van der Waals surface area contributed by atoms with E-state index >= 15 is 0 Å². The zero-order valence-electron chi connectivity index (χ0n) is 21.7. The second-order valence-electron chi connectivity index (χ2n) is 11.0. The Morgan fingerprint density at radius 2 is 1.94 bits per heavy atom. The van der Waals surface area contributed by atoms with Gasteiger partial charge in [-0.3, -0.25) is 9.78 Å². The number of benzene rings is 2. The number of hydrogen-bond acceptors (Lipinski definition) is 4. The highest BCUT2D eigenvalue weighted by Gasteiger charge is 2.50. The molecule has 188 valence electrons. The molecule has 3 aromatic rings. The number of amides is 1. The average molecular weight is 484 g/mol. The summed E-state index contributed by atoms with van der Waals surface area (Å²) in [4.78, 5) is 22.0. The summed E-state index contributed by atoms with van der Waals surface area (Å²) in [6, 6.07) is 17.0. The molecule has 0 bridgehead atoms. The average Bonchev–Trinajstić information content (AvgIpc) is 3.02. The van der Waals surface area contributed by atoms with Crippen molar-refractivity contribution in [3.8, 4) is 0 Å². The van der Waals surface area contributed by atoms with Crippen molar-refractivity contribution in [2.24, 2.45) is 5.92 Å². The molecule has 0 spiro atoms. The number of carbonyl (C=O) groups is 1. The molecule has 2 aromatic carbocycles. The van der Waals surface area contributed by atoms with Gasteiger partial charge >= 0.3 is 0 Å². The first-order chi connectivity index (χ1) is 17.3. The number of aromatic nitrogens is 2. The zero-order chi connectivity index (χ0) is 25.3. The van der Waals surface area contributed by atoms with Gasteiger partial charge in [0.25, 0.3) is 5.91 Å². The Kier molecular flexibility index (Phi) is 6.69. The van der Waals surface area contributed by atoms with Crippen LogP contribution in [0.25, 0.3) is 0 Å². The van der Waals surface area contributed by atoms with Gasteiger partial charge in [0.1, 0.15) is 0 Å². The number of aryl methyl sites for hydroxylation is 3. The molecule has 5 nitrogen and oxygen atoms in total. The van der Waals surface area contributed by atoms with Crippen molar-refractivity contribution in [2.75, 3.05) is 5.32 Å². The molecular formula is C31H37N3O2. The fourth-order valence-electron chi connectivity index (χ4n) is 6.62. The Morgan fingerprint density at radius 1 is 1.14 bits per heavy atom. The third kappa shape index (κ3) is 4.69. The van der Waals surface area contributed by atoms with Crippen LogP contribution < -0.4 is 5.32 Å². The first-order valence-electron chi connectivity index (χ1n) is 13.3. The van der Waals surface area contributed by atoms with Gasteiger partial charge in [-0.05, 0) is 100.0 Å². The van der Waals surface area contributed by atoms with E-state index in [9.17, 15) is 9.90 Å². The fraction of sp³-hybridized carbons (Fsp3) is 0.452. The van der Waals surface area contributed by atoms with E-state index in [1.54, 1.807) is 6.20 Å².